The summed E-state index contributed by atoms with van der Waals surface area (Å²) < 4.78 is 0. The number of carbonyl (C=O) groups is 1. The summed E-state index contributed by atoms with van der Waals surface area (Å²) in [5.41, 5.74) is 5.12. The number of carbonyl (C=O) groups excluding carboxylic acids is 1. The molecule has 0 aromatic rings. The van der Waals surface area contributed by atoms with Crippen molar-refractivity contribution in [2.75, 3.05) is 13.1 Å². The molecule has 0 aromatic heterocycles. The van der Waals surface area contributed by atoms with E-state index in [-0.39, 0.29) is 12.5 Å². The van der Waals surface area contributed by atoms with Gasteiger partial charge in [-0.1, -0.05) is 19.3 Å². The molecule has 1 aliphatic carbocycles. The Hall–Kier alpha value is -0.570. The van der Waals surface area contributed by atoms with E-state index < -0.39 is 0 Å². The van der Waals surface area contributed by atoms with E-state index in [1.807, 2.05) is 0 Å². The molecule has 1 aliphatic rings. The Balaban J connectivity index is 1.90. The Bertz CT molecular complexity index is 132. The van der Waals surface area contributed by atoms with E-state index in [1.165, 1.54) is 19.3 Å². The number of nitrogens with two attached hydrogens (primary N) is 1. The summed E-state index contributed by atoms with van der Waals surface area (Å²) in [6.45, 7) is 0.922. The molecule has 1 rings (SSSR count). The molecule has 3 N–H and O–H groups in total. The van der Waals surface area contributed by atoms with Crippen molar-refractivity contribution in [3.05, 3.63) is 0 Å². The van der Waals surface area contributed by atoms with Gasteiger partial charge in [0.05, 0.1) is 6.54 Å². The third kappa shape index (κ3) is 2.89. The molecule has 0 aromatic carbocycles. The molecule has 1 amide bonds. The number of rotatable bonds is 4. The first-order chi connectivity index (χ1) is 5.33. The van der Waals surface area contributed by atoms with Crippen LogP contribution < -0.4 is 11.1 Å². The second-order valence-corrected chi connectivity index (χ2v) is 3.14. The molecule has 1 saturated carbocycles. The van der Waals surface area contributed by atoms with Gasteiger partial charge in [-0.15, -0.1) is 0 Å². The van der Waals surface area contributed by atoms with Crippen LogP contribution in [0.1, 0.15) is 25.7 Å². The molecule has 0 spiro atoms. The van der Waals surface area contributed by atoms with Crippen LogP contribution in [0.15, 0.2) is 0 Å². The van der Waals surface area contributed by atoms with Crippen molar-refractivity contribution in [3.8, 4) is 0 Å². The Morgan fingerprint density at radius 1 is 1.55 bits per heavy atom. The van der Waals surface area contributed by atoms with Gasteiger partial charge in [0, 0.05) is 6.54 Å². The standard InChI is InChI=1S/C8H16N2O/c9-6-8(11)10-5-4-7-2-1-3-7/h7H,1-6,9H2,(H,10,11). The smallest absolute Gasteiger partial charge is 0.233 e. The fourth-order valence-electron chi connectivity index (χ4n) is 1.27. The lowest BCUT2D eigenvalue weighted by Gasteiger charge is -2.24. The Kier molecular flexibility index (Phi) is 3.36. The van der Waals surface area contributed by atoms with Gasteiger partial charge in [0.1, 0.15) is 0 Å². The Morgan fingerprint density at radius 3 is 2.73 bits per heavy atom. The molecule has 0 aliphatic heterocycles. The van der Waals surface area contributed by atoms with Crippen LogP contribution in [0.5, 0.6) is 0 Å². The summed E-state index contributed by atoms with van der Waals surface area (Å²) in [6.07, 6.45) is 5.19. The predicted octanol–water partition coefficient (Wildman–Crippen LogP) is 0.251. The van der Waals surface area contributed by atoms with E-state index >= 15 is 0 Å². The molecule has 0 bridgehead atoms. The quantitative estimate of drug-likeness (QED) is 0.613. The maximum atomic E-state index is 10.7. The van der Waals surface area contributed by atoms with Gasteiger partial charge in [0.25, 0.3) is 0 Å². The zero-order valence-electron chi connectivity index (χ0n) is 6.81. The largest absolute Gasteiger partial charge is 0.355 e. The highest BCUT2D eigenvalue weighted by Crippen LogP contribution is 2.28. The highest BCUT2D eigenvalue weighted by Gasteiger charge is 2.16. The minimum atomic E-state index is -0.0377. The van der Waals surface area contributed by atoms with Crippen molar-refractivity contribution >= 4 is 5.91 Å². The van der Waals surface area contributed by atoms with Crippen LogP contribution in [-0.2, 0) is 4.79 Å². The molecule has 0 unspecified atom stereocenters. The summed E-state index contributed by atoms with van der Waals surface area (Å²) in [5, 5.41) is 2.77. The summed E-state index contributed by atoms with van der Waals surface area (Å²) in [6, 6.07) is 0. The molecule has 3 heteroatoms. The normalized spacial score (nSPS) is 17.5. The van der Waals surface area contributed by atoms with Gasteiger partial charge >= 0.3 is 0 Å². The average molecular weight is 156 g/mol. The first-order valence-corrected chi connectivity index (χ1v) is 4.29. The zero-order chi connectivity index (χ0) is 8.10. The Morgan fingerprint density at radius 2 is 2.27 bits per heavy atom. The van der Waals surface area contributed by atoms with E-state index in [2.05, 4.69) is 5.32 Å². The van der Waals surface area contributed by atoms with Crippen molar-refractivity contribution in [3.63, 3.8) is 0 Å². The van der Waals surface area contributed by atoms with Crippen molar-refractivity contribution in [1.82, 2.24) is 5.32 Å². The summed E-state index contributed by atoms with van der Waals surface area (Å²) >= 11 is 0. The number of hydrogen-bond donors (Lipinski definition) is 2. The van der Waals surface area contributed by atoms with Crippen LogP contribution in [0.2, 0.25) is 0 Å². The molecule has 0 atom stereocenters. The summed E-state index contributed by atoms with van der Waals surface area (Å²) in [7, 11) is 0. The van der Waals surface area contributed by atoms with Crippen LogP contribution in [-0.4, -0.2) is 19.0 Å². The highest BCUT2D eigenvalue weighted by atomic mass is 16.1. The van der Waals surface area contributed by atoms with Gasteiger partial charge in [0.2, 0.25) is 5.91 Å². The van der Waals surface area contributed by atoms with Crippen LogP contribution in [0.4, 0.5) is 0 Å². The third-order valence-electron chi connectivity index (χ3n) is 2.28. The minimum Gasteiger partial charge on any atom is -0.355 e. The minimum absolute atomic E-state index is 0.0377. The van der Waals surface area contributed by atoms with Gasteiger partial charge in [-0.05, 0) is 12.3 Å². The van der Waals surface area contributed by atoms with Gasteiger partial charge in [-0.25, -0.2) is 0 Å². The fraction of sp³-hybridized carbons (Fsp3) is 0.875. The van der Waals surface area contributed by atoms with Gasteiger partial charge in [-0.3, -0.25) is 4.79 Å². The van der Waals surface area contributed by atoms with Crippen LogP contribution in [0.3, 0.4) is 0 Å². The van der Waals surface area contributed by atoms with E-state index in [9.17, 15) is 4.79 Å². The van der Waals surface area contributed by atoms with E-state index in [1.54, 1.807) is 0 Å². The lowest BCUT2D eigenvalue weighted by atomic mass is 9.83. The summed E-state index contributed by atoms with van der Waals surface area (Å²) in [4.78, 5) is 10.7. The van der Waals surface area contributed by atoms with Gasteiger partial charge < -0.3 is 11.1 Å². The van der Waals surface area contributed by atoms with Crippen LogP contribution in [0.25, 0.3) is 0 Å². The number of amides is 1. The zero-order valence-corrected chi connectivity index (χ0v) is 6.81. The molecule has 3 nitrogen and oxygen atoms in total. The monoisotopic (exact) mass is 156 g/mol. The first kappa shape index (κ1) is 8.53. The summed E-state index contributed by atoms with van der Waals surface area (Å²) in [5.74, 6) is 0.831. The molecule has 64 valence electrons. The SMILES string of the molecule is NCC(=O)NCCC1CCC1. The van der Waals surface area contributed by atoms with E-state index in [4.69, 9.17) is 5.73 Å². The average Bonchev–Trinajstić information content (AvgIpc) is 1.94. The second kappa shape index (κ2) is 4.34. The molecular weight excluding hydrogens is 140 g/mol. The maximum absolute atomic E-state index is 10.7. The molecule has 0 heterocycles. The topological polar surface area (TPSA) is 55.1 Å². The highest BCUT2D eigenvalue weighted by molar-refractivity contribution is 5.77. The van der Waals surface area contributed by atoms with Crippen molar-refractivity contribution in [2.45, 2.75) is 25.7 Å². The van der Waals surface area contributed by atoms with Gasteiger partial charge in [-0.2, -0.15) is 0 Å². The third-order valence-corrected chi connectivity index (χ3v) is 2.28. The molecule has 0 saturated heterocycles. The first-order valence-electron chi connectivity index (χ1n) is 4.29. The van der Waals surface area contributed by atoms with E-state index in [0.717, 1.165) is 18.9 Å². The predicted molar refractivity (Wildman–Crippen MR) is 44.0 cm³/mol. The lowest BCUT2D eigenvalue weighted by Crippen LogP contribution is -2.32. The molecule has 11 heavy (non-hydrogen) atoms. The second-order valence-electron chi connectivity index (χ2n) is 3.14. The van der Waals surface area contributed by atoms with Crippen molar-refractivity contribution < 1.29 is 4.79 Å². The lowest BCUT2D eigenvalue weighted by molar-refractivity contribution is -0.119. The Labute approximate surface area is 67.3 Å². The van der Waals surface area contributed by atoms with Crippen molar-refractivity contribution in [1.29, 1.82) is 0 Å². The van der Waals surface area contributed by atoms with E-state index in [0.29, 0.717) is 0 Å². The van der Waals surface area contributed by atoms with Crippen molar-refractivity contribution in [2.24, 2.45) is 11.7 Å². The van der Waals surface area contributed by atoms with Gasteiger partial charge in [0.15, 0.2) is 0 Å². The van der Waals surface area contributed by atoms with Crippen LogP contribution >= 0.6 is 0 Å². The molecular formula is C8H16N2O. The fourth-order valence-corrected chi connectivity index (χ4v) is 1.27. The number of nitrogens with one attached hydrogen (secondary N) is 1. The van der Waals surface area contributed by atoms with Crippen LogP contribution in [0, 0.1) is 5.92 Å². The molecule has 1 fully saturated rings. The maximum Gasteiger partial charge on any atom is 0.233 e. The number of hydrogen-bond acceptors (Lipinski definition) is 2. The molecule has 0 radical (unpaired) electrons.